The molecule has 4 rings (SSSR count). The minimum Gasteiger partial charge on any atom is -0.481 e. The molecule has 1 aromatic heterocycles. The molecule has 0 saturated heterocycles. The predicted molar refractivity (Wildman–Crippen MR) is 96.4 cm³/mol. The molecular formula is C19H20N2O3S. The maximum atomic E-state index is 12.8. The molecule has 25 heavy (non-hydrogen) atoms. The lowest BCUT2D eigenvalue weighted by Gasteiger charge is -2.26. The molecule has 4 atom stereocenters. The van der Waals surface area contributed by atoms with Gasteiger partial charge in [0.05, 0.1) is 22.4 Å². The number of aryl methyl sites for hydroxylation is 1. The second-order valence-electron chi connectivity index (χ2n) is 7.01. The summed E-state index contributed by atoms with van der Waals surface area (Å²) in [5.74, 6) is -1.66. The van der Waals surface area contributed by atoms with Gasteiger partial charge in [-0.25, -0.2) is 4.98 Å². The van der Waals surface area contributed by atoms with Gasteiger partial charge in [0.2, 0.25) is 5.91 Å². The van der Waals surface area contributed by atoms with Crippen molar-refractivity contribution in [3.8, 4) is 10.4 Å². The number of benzene rings is 1. The van der Waals surface area contributed by atoms with E-state index in [1.54, 1.807) is 0 Å². The maximum Gasteiger partial charge on any atom is 0.307 e. The third-order valence-electron chi connectivity index (χ3n) is 5.57. The van der Waals surface area contributed by atoms with Gasteiger partial charge in [0.15, 0.2) is 5.13 Å². The van der Waals surface area contributed by atoms with Crippen LogP contribution in [0.3, 0.4) is 0 Å². The molecular weight excluding hydrogens is 336 g/mol. The van der Waals surface area contributed by atoms with Crippen molar-refractivity contribution < 1.29 is 14.7 Å². The van der Waals surface area contributed by atoms with Gasteiger partial charge in [0.1, 0.15) is 0 Å². The molecule has 0 unspecified atom stereocenters. The predicted octanol–water partition coefficient (Wildman–Crippen LogP) is 3.80. The summed E-state index contributed by atoms with van der Waals surface area (Å²) in [6, 6.07) is 9.94. The second kappa shape index (κ2) is 6.26. The van der Waals surface area contributed by atoms with Crippen LogP contribution in [-0.4, -0.2) is 22.0 Å². The molecule has 2 fully saturated rings. The van der Waals surface area contributed by atoms with E-state index in [0.717, 1.165) is 35.4 Å². The molecule has 1 heterocycles. The first-order valence-electron chi connectivity index (χ1n) is 8.61. The smallest absolute Gasteiger partial charge is 0.307 e. The topological polar surface area (TPSA) is 79.3 Å². The lowest BCUT2D eigenvalue weighted by atomic mass is 9.79. The van der Waals surface area contributed by atoms with E-state index < -0.39 is 17.8 Å². The van der Waals surface area contributed by atoms with Crippen molar-refractivity contribution in [2.75, 3.05) is 5.32 Å². The van der Waals surface area contributed by atoms with Crippen molar-refractivity contribution >= 4 is 28.3 Å². The van der Waals surface area contributed by atoms with Crippen LogP contribution in [0.5, 0.6) is 0 Å². The van der Waals surface area contributed by atoms with Gasteiger partial charge < -0.3 is 10.4 Å². The first-order valence-corrected chi connectivity index (χ1v) is 9.42. The van der Waals surface area contributed by atoms with E-state index in [9.17, 15) is 14.7 Å². The Morgan fingerprint density at radius 2 is 1.84 bits per heavy atom. The first-order chi connectivity index (χ1) is 12.0. The Bertz CT molecular complexity index is 817. The molecule has 2 aliphatic rings. The molecule has 5 nitrogen and oxygen atoms in total. The average Bonchev–Trinajstić information content (AvgIpc) is 3.29. The van der Waals surface area contributed by atoms with Crippen molar-refractivity contribution in [2.24, 2.45) is 23.7 Å². The van der Waals surface area contributed by atoms with Gasteiger partial charge in [0, 0.05) is 0 Å². The zero-order valence-electron chi connectivity index (χ0n) is 13.9. The standard InChI is InChI=1S/C19H20N2O3S/c1-10-16(11-5-3-2-4-6-11)25-19(20-10)21-17(22)14-12-7-8-13(9-12)15(14)18(23)24/h2-6,12-15H,7-9H2,1H3,(H,23,24)(H,20,21,22)/t12-,13-,14-,15-/m0/s1. The molecule has 2 aromatic rings. The minimum absolute atomic E-state index is 0.149. The first kappa shape index (κ1) is 16.3. The fourth-order valence-corrected chi connectivity index (χ4v) is 5.49. The van der Waals surface area contributed by atoms with Crippen LogP contribution in [0.2, 0.25) is 0 Å². The fourth-order valence-electron chi connectivity index (χ4n) is 4.52. The Morgan fingerprint density at radius 3 is 2.52 bits per heavy atom. The number of hydrogen-bond donors (Lipinski definition) is 2. The number of fused-ring (bicyclic) bond motifs is 2. The van der Waals surface area contributed by atoms with Crippen LogP contribution in [0.1, 0.15) is 25.0 Å². The van der Waals surface area contributed by atoms with Crippen molar-refractivity contribution in [2.45, 2.75) is 26.2 Å². The summed E-state index contributed by atoms with van der Waals surface area (Å²) in [4.78, 5) is 29.9. The van der Waals surface area contributed by atoms with Gasteiger partial charge in [-0.2, -0.15) is 0 Å². The van der Waals surface area contributed by atoms with Crippen LogP contribution in [0, 0.1) is 30.6 Å². The highest BCUT2D eigenvalue weighted by Crippen LogP contribution is 2.52. The summed E-state index contributed by atoms with van der Waals surface area (Å²) in [6.07, 6.45) is 2.75. The van der Waals surface area contributed by atoms with Gasteiger partial charge in [-0.1, -0.05) is 41.7 Å². The summed E-state index contributed by atoms with van der Waals surface area (Å²) in [7, 11) is 0. The summed E-state index contributed by atoms with van der Waals surface area (Å²) in [6.45, 7) is 1.92. The van der Waals surface area contributed by atoms with E-state index in [0.29, 0.717) is 5.13 Å². The van der Waals surface area contributed by atoms with Crippen LogP contribution in [0.15, 0.2) is 30.3 Å². The fraction of sp³-hybridized carbons (Fsp3) is 0.421. The van der Waals surface area contributed by atoms with E-state index in [-0.39, 0.29) is 17.7 Å². The van der Waals surface area contributed by atoms with Crippen LogP contribution < -0.4 is 5.32 Å². The third kappa shape index (κ3) is 2.84. The summed E-state index contributed by atoms with van der Waals surface area (Å²) >= 11 is 1.44. The Morgan fingerprint density at radius 1 is 1.16 bits per heavy atom. The number of nitrogens with one attached hydrogen (secondary N) is 1. The van der Waals surface area contributed by atoms with E-state index in [1.165, 1.54) is 11.3 Å². The largest absolute Gasteiger partial charge is 0.481 e. The Balaban J connectivity index is 1.55. The lowest BCUT2D eigenvalue weighted by molar-refractivity contribution is -0.148. The molecule has 2 N–H and O–H groups in total. The molecule has 6 heteroatoms. The van der Waals surface area contributed by atoms with Gasteiger partial charge >= 0.3 is 5.97 Å². The average molecular weight is 356 g/mol. The van der Waals surface area contributed by atoms with E-state index >= 15 is 0 Å². The summed E-state index contributed by atoms with van der Waals surface area (Å²) in [5, 5.41) is 13.0. The quantitative estimate of drug-likeness (QED) is 0.873. The number of aromatic nitrogens is 1. The number of anilines is 1. The zero-order chi connectivity index (χ0) is 17.6. The zero-order valence-corrected chi connectivity index (χ0v) is 14.8. The van der Waals surface area contributed by atoms with Gasteiger partial charge in [-0.3, -0.25) is 9.59 Å². The number of amides is 1. The number of thiazole rings is 1. The van der Waals surface area contributed by atoms with Crippen molar-refractivity contribution in [3.05, 3.63) is 36.0 Å². The molecule has 0 aliphatic heterocycles. The molecule has 0 radical (unpaired) electrons. The molecule has 2 aliphatic carbocycles. The van der Waals surface area contributed by atoms with Crippen LogP contribution >= 0.6 is 11.3 Å². The summed E-state index contributed by atoms with van der Waals surface area (Å²) < 4.78 is 0. The number of carbonyl (C=O) groups is 2. The van der Waals surface area contributed by atoms with E-state index in [1.807, 2.05) is 37.3 Å². The number of carboxylic acids is 1. The number of nitrogens with zero attached hydrogens (tertiary/aromatic N) is 1. The third-order valence-corrected chi connectivity index (χ3v) is 6.69. The highest BCUT2D eigenvalue weighted by Gasteiger charge is 2.54. The maximum absolute atomic E-state index is 12.8. The lowest BCUT2D eigenvalue weighted by Crippen LogP contribution is -2.37. The highest BCUT2D eigenvalue weighted by atomic mass is 32.1. The second-order valence-corrected chi connectivity index (χ2v) is 8.01. The molecule has 0 spiro atoms. The van der Waals surface area contributed by atoms with Crippen LogP contribution in [0.25, 0.3) is 10.4 Å². The number of carboxylic acid groups (broad SMARTS) is 1. The number of carbonyl (C=O) groups excluding carboxylic acids is 1. The van der Waals surface area contributed by atoms with Gasteiger partial charge in [-0.05, 0) is 43.6 Å². The molecule has 1 amide bonds. The molecule has 130 valence electrons. The number of rotatable bonds is 4. The Hall–Kier alpha value is -2.21. The monoisotopic (exact) mass is 356 g/mol. The summed E-state index contributed by atoms with van der Waals surface area (Å²) in [5.41, 5.74) is 1.94. The van der Waals surface area contributed by atoms with Crippen LogP contribution in [-0.2, 0) is 9.59 Å². The Kier molecular flexibility index (Phi) is 4.07. The normalized spacial score (nSPS) is 27.4. The number of aliphatic carboxylic acids is 1. The SMILES string of the molecule is Cc1nc(NC(=O)[C@H]2[C@H]3CC[C@@H](C3)[C@@H]2C(=O)O)sc1-c1ccccc1. The van der Waals surface area contributed by atoms with E-state index in [4.69, 9.17) is 0 Å². The van der Waals surface area contributed by atoms with Crippen molar-refractivity contribution in [3.63, 3.8) is 0 Å². The molecule has 2 saturated carbocycles. The number of hydrogen-bond acceptors (Lipinski definition) is 4. The van der Waals surface area contributed by atoms with Gasteiger partial charge in [-0.15, -0.1) is 0 Å². The van der Waals surface area contributed by atoms with Crippen molar-refractivity contribution in [1.29, 1.82) is 0 Å². The van der Waals surface area contributed by atoms with Crippen molar-refractivity contribution in [1.82, 2.24) is 4.98 Å². The minimum atomic E-state index is -0.840. The van der Waals surface area contributed by atoms with Gasteiger partial charge in [0.25, 0.3) is 0 Å². The molecule has 2 bridgehead atoms. The van der Waals surface area contributed by atoms with E-state index in [2.05, 4.69) is 10.3 Å². The molecule has 1 aromatic carbocycles. The van der Waals surface area contributed by atoms with Crippen LogP contribution in [0.4, 0.5) is 5.13 Å². The Labute approximate surface area is 150 Å². The highest BCUT2D eigenvalue weighted by molar-refractivity contribution is 7.19.